The van der Waals surface area contributed by atoms with E-state index in [2.05, 4.69) is 24.4 Å². The van der Waals surface area contributed by atoms with Crippen molar-refractivity contribution in [3.63, 3.8) is 0 Å². The summed E-state index contributed by atoms with van der Waals surface area (Å²) in [6.45, 7) is 5.93. The van der Waals surface area contributed by atoms with E-state index in [1.54, 1.807) is 12.2 Å². The van der Waals surface area contributed by atoms with Crippen molar-refractivity contribution in [2.75, 3.05) is 19.8 Å². The highest BCUT2D eigenvalue weighted by molar-refractivity contribution is 5.91. The molecule has 0 bridgehead atoms. The van der Waals surface area contributed by atoms with Gasteiger partial charge in [0.15, 0.2) is 11.5 Å². The Kier molecular flexibility index (Phi) is 8.98. The molecule has 0 atom stereocenters. The summed E-state index contributed by atoms with van der Waals surface area (Å²) in [5.41, 5.74) is 2.11. The molecule has 0 fully saturated rings. The Hall–Kier alpha value is -2.75. The quantitative estimate of drug-likeness (QED) is 0.465. The Labute approximate surface area is 162 Å². The summed E-state index contributed by atoms with van der Waals surface area (Å²) in [5, 5.41) is 2.91. The average molecular weight is 367 g/mol. The summed E-state index contributed by atoms with van der Waals surface area (Å²) in [5.74, 6) is 1.35. The summed E-state index contributed by atoms with van der Waals surface area (Å²) < 4.78 is 11.4. The second-order valence-corrected chi connectivity index (χ2v) is 6.20. The Morgan fingerprint density at radius 1 is 1.04 bits per heavy atom. The zero-order valence-corrected chi connectivity index (χ0v) is 16.2. The van der Waals surface area contributed by atoms with E-state index in [9.17, 15) is 4.79 Å². The van der Waals surface area contributed by atoms with Crippen LogP contribution in [-0.2, 0) is 11.2 Å². The molecule has 2 aromatic rings. The molecule has 27 heavy (non-hydrogen) atoms. The van der Waals surface area contributed by atoms with Crippen LogP contribution in [0.15, 0.2) is 54.6 Å². The van der Waals surface area contributed by atoms with Gasteiger partial charge in [-0.2, -0.15) is 0 Å². The smallest absolute Gasteiger partial charge is 0.244 e. The van der Waals surface area contributed by atoms with Gasteiger partial charge in [-0.15, -0.1) is 0 Å². The molecule has 4 heteroatoms. The first-order chi connectivity index (χ1) is 13.2. The van der Waals surface area contributed by atoms with Crippen molar-refractivity contribution in [1.82, 2.24) is 5.32 Å². The molecule has 0 aliphatic heterocycles. The minimum Gasteiger partial charge on any atom is -0.490 e. The third kappa shape index (κ3) is 7.57. The molecule has 144 valence electrons. The number of nitrogens with one attached hydrogen (secondary N) is 1. The van der Waals surface area contributed by atoms with Gasteiger partial charge in [-0.25, -0.2) is 0 Å². The Morgan fingerprint density at radius 3 is 2.59 bits per heavy atom. The molecular formula is C23H29NO3. The lowest BCUT2D eigenvalue weighted by Gasteiger charge is -2.12. The van der Waals surface area contributed by atoms with Gasteiger partial charge < -0.3 is 14.8 Å². The first-order valence-electron chi connectivity index (χ1n) is 9.62. The largest absolute Gasteiger partial charge is 0.490 e. The van der Waals surface area contributed by atoms with Crippen LogP contribution in [0.3, 0.4) is 0 Å². The van der Waals surface area contributed by atoms with Crippen LogP contribution in [0.5, 0.6) is 11.5 Å². The zero-order valence-electron chi connectivity index (χ0n) is 16.2. The second kappa shape index (κ2) is 11.8. The molecule has 0 heterocycles. The van der Waals surface area contributed by atoms with Crippen molar-refractivity contribution in [2.24, 2.45) is 0 Å². The third-order valence-corrected chi connectivity index (χ3v) is 4.01. The molecule has 0 aliphatic rings. The Bertz CT molecular complexity index is 726. The van der Waals surface area contributed by atoms with Gasteiger partial charge >= 0.3 is 0 Å². The van der Waals surface area contributed by atoms with Crippen LogP contribution in [-0.4, -0.2) is 25.7 Å². The Morgan fingerprint density at radius 2 is 1.85 bits per heavy atom. The van der Waals surface area contributed by atoms with Gasteiger partial charge in [0, 0.05) is 12.6 Å². The predicted molar refractivity (Wildman–Crippen MR) is 110 cm³/mol. The first kappa shape index (κ1) is 20.6. The summed E-state index contributed by atoms with van der Waals surface area (Å²) in [6.07, 6.45) is 6.25. The fourth-order valence-electron chi connectivity index (χ4n) is 2.55. The summed E-state index contributed by atoms with van der Waals surface area (Å²) in [6, 6.07) is 15.8. The van der Waals surface area contributed by atoms with Crippen LogP contribution in [0.2, 0.25) is 0 Å². The van der Waals surface area contributed by atoms with Crippen molar-refractivity contribution in [3.05, 3.63) is 65.7 Å². The van der Waals surface area contributed by atoms with E-state index in [-0.39, 0.29) is 5.91 Å². The number of hydrogen-bond donors (Lipinski definition) is 1. The van der Waals surface area contributed by atoms with E-state index in [1.807, 2.05) is 43.3 Å². The molecule has 4 nitrogen and oxygen atoms in total. The highest BCUT2D eigenvalue weighted by Gasteiger charge is 2.06. The maximum Gasteiger partial charge on any atom is 0.244 e. The fourth-order valence-corrected chi connectivity index (χ4v) is 2.55. The lowest BCUT2D eigenvalue weighted by molar-refractivity contribution is -0.116. The second-order valence-electron chi connectivity index (χ2n) is 6.20. The van der Waals surface area contributed by atoms with Gasteiger partial charge in [0.2, 0.25) is 5.91 Å². The van der Waals surface area contributed by atoms with E-state index < -0.39 is 0 Å². The van der Waals surface area contributed by atoms with Crippen LogP contribution >= 0.6 is 0 Å². The van der Waals surface area contributed by atoms with Crippen LogP contribution in [0.1, 0.15) is 37.8 Å². The van der Waals surface area contributed by atoms with Gasteiger partial charge in [-0.3, -0.25) is 4.79 Å². The number of hydrogen-bond acceptors (Lipinski definition) is 3. The number of carbonyl (C=O) groups excluding carboxylic acids is 1. The predicted octanol–water partition coefficient (Wildman–Crippen LogP) is 4.64. The number of amides is 1. The van der Waals surface area contributed by atoms with E-state index in [0.717, 1.165) is 30.6 Å². The van der Waals surface area contributed by atoms with Gasteiger partial charge in [0.25, 0.3) is 0 Å². The SMILES string of the molecule is CCCCOc1ccc(/C=C/C(=O)NCCc2ccccc2)cc1OCC. The molecule has 0 radical (unpaired) electrons. The van der Waals surface area contributed by atoms with E-state index >= 15 is 0 Å². The van der Waals surface area contributed by atoms with Crippen molar-refractivity contribution < 1.29 is 14.3 Å². The van der Waals surface area contributed by atoms with Crippen molar-refractivity contribution >= 4 is 12.0 Å². The van der Waals surface area contributed by atoms with E-state index in [4.69, 9.17) is 9.47 Å². The molecular weight excluding hydrogens is 338 g/mol. The number of ether oxygens (including phenoxy) is 2. The number of benzene rings is 2. The van der Waals surface area contributed by atoms with Gasteiger partial charge in [-0.1, -0.05) is 49.7 Å². The highest BCUT2D eigenvalue weighted by atomic mass is 16.5. The van der Waals surface area contributed by atoms with Gasteiger partial charge in [-0.05, 0) is 49.1 Å². The average Bonchev–Trinajstić information content (AvgIpc) is 2.69. The Balaban J connectivity index is 1.88. The van der Waals surface area contributed by atoms with Crippen LogP contribution in [0.4, 0.5) is 0 Å². The molecule has 0 unspecified atom stereocenters. The number of unbranched alkanes of at least 4 members (excludes halogenated alkanes) is 1. The molecule has 2 aromatic carbocycles. The number of carbonyl (C=O) groups is 1. The monoisotopic (exact) mass is 367 g/mol. The maximum atomic E-state index is 12.0. The van der Waals surface area contributed by atoms with Gasteiger partial charge in [0.05, 0.1) is 13.2 Å². The summed E-state index contributed by atoms with van der Waals surface area (Å²) in [7, 11) is 0. The molecule has 1 amide bonds. The van der Waals surface area contributed by atoms with Gasteiger partial charge in [0.1, 0.15) is 0 Å². The minimum atomic E-state index is -0.104. The van der Waals surface area contributed by atoms with Crippen molar-refractivity contribution in [2.45, 2.75) is 33.1 Å². The molecule has 2 rings (SSSR count). The molecule has 0 saturated heterocycles. The molecule has 0 aliphatic carbocycles. The highest BCUT2D eigenvalue weighted by Crippen LogP contribution is 2.29. The molecule has 0 aromatic heterocycles. The zero-order chi connectivity index (χ0) is 19.3. The topological polar surface area (TPSA) is 47.6 Å². The molecule has 0 saturated carbocycles. The lowest BCUT2D eigenvalue weighted by Crippen LogP contribution is -2.23. The van der Waals surface area contributed by atoms with Crippen LogP contribution in [0, 0.1) is 0 Å². The van der Waals surface area contributed by atoms with Crippen molar-refractivity contribution in [1.29, 1.82) is 0 Å². The minimum absolute atomic E-state index is 0.104. The summed E-state index contributed by atoms with van der Waals surface area (Å²) in [4.78, 5) is 12.0. The maximum absolute atomic E-state index is 12.0. The van der Waals surface area contributed by atoms with Crippen LogP contribution < -0.4 is 14.8 Å². The summed E-state index contributed by atoms with van der Waals surface area (Å²) >= 11 is 0. The molecule has 1 N–H and O–H groups in total. The van der Waals surface area contributed by atoms with E-state index in [0.29, 0.717) is 25.5 Å². The normalized spacial score (nSPS) is 10.7. The first-order valence-corrected chi connectivity index (χ1v) is 9.62. The third-order valence-electron chi connectivity index (χ3n) is 4.01. The molecule has 0 spiro atoms. The lowest BCUT2D eigenvalue weighted by atomic mass is 10.1. The fraction of sp³-hybridized carbons (Fsp3) is 0.348. The standard InChI is InChI=1S/C23H29NO3/c1-3-5-17-27-21-13-11-20(18-22(21)26-4-2)12-14-23(25)24-16-15-19-9-7-6-8-10-19/h6-14,18H,3-5,15-17H2,1-2H3,(H,24,25)/b14-12+. The van der Waals surface area contributed by atoms with Crippen LogP contribution in [0.25, 0.3) is 6.08 Å². The van der Waals surface area contributed by atoms with E-state index in [1.165, 1.54) is 5.56 Å². The van der Waals surface area contributed by atoms with Crippen molar-refractivity contribution in [3.8, 4) is 11.5 Å². The number of rotatable bonds is 11.